The zero-order chi connectivity index (χ0) is 15.1. The van der Waals surface area contributed by atoms with E-state index in [0.29, 0.717) is 13.1 Å². The van der Waals surface area contributed by atoms with E-state index in [1.807, 2.05) is 13.8 Å². The average Bonchev–Trinajstić information content (AvgIpc) is 2.41. The molecule has 0 spiro atoms. The second kappa shape index (κ2) is 8.19. The van der Waals surface area contributed by atoms with Gasteiger partial charge in [0.25, 0.3) is 0 Å². The van der Waals surface area contributed by atoms with Gasteiger partial charge in [-0.1, -0.05) is 31.5 Å². The van der Waals surface area contributed by atoms with E-state index in [1.165, 1.54) is 18.2 Å². The van der Waals surface area contributed by atoms with Gasteiger partial charge in [0.05, 0.1) is 0 Å². The maximum absolute atomic E-state index is 13.8. The summed E-state index contributed by atoms with van der Waals surface area (Å²) in [5, 5.41) is 12.2. The Balaban J connectivity index is 2.78. The molecule has 6 heteroatoms. The van der Waals surface area contributed by atoms with E-state index in [4.69, 9.17) is 11.6 Å². The van der Waals surface area contributed by atoms with Gasteiger partial charge in [0.2, 0.25) is 0 Å². The van der Waals surface area contributed by atoms with E-state index in [1.54, 1.807) is 0 Å². The number of carboxylic acids is 1. The Hall–Kier alpha value is -1.17. The van der Waals surface area contributed by atoms with E-state index in [-0.39, 0.29) is 10.6 Å². The van der Waals surface area contributed by atoms with Crippen LogP contribution < -0.4 is 5.32 Å². The van der Waals surface area contributed by atoms with Crippen molar-refractivity contribution >= 4 is 17.6 Å². The number of halogens is 2. The van der Waals surface area contributed by atoms with Crippen molar-refractivity contribution in [3.8, 4) is 0 Å². The zero-order valence-corrected chi connectivity index (χ0v) is 12.5. The Kier molecular flexibility index (Phi) is 6.91. The predicted molar refractivity (Wildman–Crippen MR) is 77.6 cm³/mol. The summed E-state index contributed by atoms with van der Waals surface area (Å²) in [6, 6.07) is 3.01. The lowest BCUT2D eigenvalue weighted by Gasteiger charge is -2.21. The Morgan fingerprint density at radius 2 is 2.10 bits per heavy atom. The lowest BCUT2D eigenvalue weighted by molar-refractivity contribution is -0.139. The lowest BCUT2D eigenvalue weighted by Crippen LogP contribution is -2.36. The minimum atomic E-state index is -1.14. The maximum Gasteiger partial charge on any atom is 0.325 e. The van der Waals surface area contributed by atoms with Crippen LogP contribution in [0.1, 0.15) is 25.5 Å². The predicted octanol–water partition coefficient (Wildman–Crippen LogP) is 2.54. The van der Waals surface area contributed by atoms with Gasteiger partial charge in [-0.05, 0) is 25.2 Å². The third-order valence-electron chi connectivity index (χ3n) is 3.21. The molecule has 0 aliphatic rings. The molecule has 2 N–H and O–H groups in total. The van der Waals surface area contributed by atoms with Crippen LogP contribution in [0, 0.1) is 5.82 Å². The molecule has 1 atom stereocenters. The highest BCUT2D eigenvalue weighted by atomic mass is 35.5. The molecule has 112 valence electrons. The number of benzene rings is 1. The molecular formula is C14H20ClFN2O2. The summed E-state index contributed by atoms with van der Waals surface area (Å²) in [5.41, 5.74) is -0.0128. The van der Waals surface area contributed by atoms with Crippen molar-refractivity contribution in [2.24, 2.45) is 0 Å². The van der Waals surface area contributed by atoms with Gasteiger partial charge in [0.1, 0.15) is 11.9 Å². The van der Waals surface area contributed by atoms with Crippen LogP contribution in [0.15, 0.2) is 18.2 Å². The van der Waals surface area contributed by atoms with Crippen LogP contribution in [0.25, 0.3) is 0 Å². The number of hydrogen-bond acceptors (Lipinski definition) is 3. The molecular weight excluding hydrogens is 283 g/mol. The topological polar surface area (TPSA) is 52.6 Å². The molecule has 0 bridgehead atoms. The molecule has 0 aliphatic heterocycles. The van der Waals surface area contributed by atoms with E-state index >= 15 is 0 Å². The van der Waals surface area contributed by atoms with Crippen molar-refractivity contribution in [3.63, 3.8) is 0 Å². The zero-order valence-electron chi connectivity index (χ0n) is 11.7. The summed E-state index contributed by atoms with van der Waals surface area (Å²) in [4.78, 5) is 13.5. The van der Waals surface area contributed by atoms with E-state index in [0.717, 1.165) is 13.1 Å². The third kappa shape index (κ3) is 4.44. The number of hydrogen-bond donors (Lipinski definition) is 2. The standard InChI is InChI=1S/C14H20ClFN2O2/c1-3-18(4-2)9-8-17-13(14(19)20)12-10(15)6-5-7-11(12)16/h5-7,13,17H,3-4,8-9H2,1-2H3,(H,19,20). The molecule has 0 saturated heterocycles. The molecule has 1 aromatic rings. The van der Waals surface area contributed by atoms with Crippen LogP contribution in [0.5, 0.6) is 0 Å². The van der Waals surface area contributed by atoms with Crippen LogP contribution in [-0.2, 0) is 4.79 Å². The first-order valence-corrected chi connectivity index (χ1v) is 7.01. The lowest BCUT2D eigenvalue weighted by atomic mass is 10.1. The fourth-order valence-electron chi connectivity index (χ4n) is 2.01. The van der Waals surface area contributed by atoms with Crippen molar-refractivity contribution in [2.75, 3.05) is 26.2 Å². The van der Waals surface area contributed by atoms with Crippen LogP contribution in [0.3, 0.4) is 0 Å². The monoisotopic (exact) mass is 302 g/mol. The number of aliphatic carboxylic acids is 1. The van der Waals surface area contributed by atoms with E-state index in [2.05, 4.69) is 10.2 Å². The Labute approximate surface area is 123 Å². The van der Waals surface area contributed by atoms with Crippen molar-refractivity contribution < 1.29 is 14.3 Å². The van der Waals surface area contributed by atoms with Gasteiger partial charge in [-0.15, -0.1) is 0 Å². The van der Waals surface area contributed by atoms with Crippen LogP contribution >= 0.6 is 11.6 Å². The van der Waals surface area contributed by atoms with Gasteiger partial charge >= 0.3 is 5.97 Å². The fourth-order valence-corrected chi connectivity index (χ4v) is 2.28. The molecule has 4 nitrogen and oxygen atoms in total. The molecule has 0 amide bonds. The van der Waals surface area contributed by atoms with Crippen LogP contribution in [-0.4, -0.2) is 42.2 Å². The molecule has 20 heavy (non-hydrogen) atoms. The Morgan fingerprint density at radius 1 is 1.45 bits per heavy atom. The molecule has 0 aromatic heterocycles. The van der Waals surface area contributed by atoms with Crippen LogP contribution in [0.2, 0.25) is 5.02 Å². The largest absolute Gasteiger partial charge is 0.480 e. The first-order valence-electron chi connectivity index (χ1n) is 6.63. The summed E-state index contributed by atoms with van der Waals surface area (Å²) in [6.45, 7) is 6.98. The summed E-state index contributed by atoms with van der Waals surface area (Å²) < 4.78 is 13.8. The summed E-state index contributed by atoms with van der Waals surface area (Å²) >= 11 is 5.91. The third-order valence-corrected chi connectivity index (χ3v) is 3.54. The van der Waals surface area contributed by atoms with Gasteiger partial charge < -0.3 is 10.0 Å². The molecule has 1 aromatic carbocycles. The molecule has 0 radical (unpaired) electrons. The minimum absolute atomic E-state index is 0.0128. The highest BCUT2D eigenvalue weighted by Crippen LogP contribution is 2.26. The van der Waals surface area contributed by atoms with E-state index < -0.39 is 17.8 Å². The number of rotatable bonds is 8. The van der Waals surface area contributed by atoms with Crippen LogP contribution in [0.4, 0.5) is 4.39 Å². The van der Waals surface area contributed by atoms with E-state index in [9.17, 15) is 14.3 Å². The van der Waals surface area contributed by atoms with Crippen molar-refractivity contribution in [3.05, 3.63) is 34.6 Å². The highest BCUT2D eigenvalue weighted by molar-refractivity contribution is 6.31. The molecule has 1 unspecified atom stereocenters. The van der Waals surface area contributed by atoms with Gasteiger partial charge in [0, 0.05) is 23.7 Å². The van der Waals surface area contributed by atoms with Gasteiger partial charge in [-0.2, -0.15) is 0 Å². The molecule has 0 aliphatic carbocycles. The fraction of sp³-hybridized carbons (Fsp3) is 0.500. The summed E-state index contributed by atoms with van der Waals surface area (Å²) in [7, 11) is 0. The summed E-state index contributed by atoms with van der Waals surface area (Å²) in [5.74, 6) is -1.75. The normalized spacial score (nSPS) is 12.7. The maximum atomic E-state index is 13.8. The number of nitrogens with zero attached hydrogens (tertiary/aromatic N) is 1. The number of carbonyl (C=O) groups is 1. The molecule has 0 fully saturated rings. The van der Waals surface area contributed by atoms with Crippen molar-refractivity contribution in [1.29, 1.82) is 0 Å². The van der Waals surface area contributed by atoms with Gasteiger partial charge in [-0.25, -0.2) is 4.39 Å². The summed E-state index contributed by atoms with van der Waals surface area (Å²) in [6.07, 6.45) is 0. The van der Waals surface area contributed by atoms with Crippen molar-refractivity contribution in [2.45, 2.75) is 19.9 Å². The van der Waals surface area contributed by atoms with Gasteiger partial charge in [-0.3, -0.25) is 10.1 Å². The number of nitrogens with one attached hydrogen (secondary N) is 1. The molecule has 0 heterocycles. The second-order valence-electron chi connectivity index (χ2n) is 4.39. The average molecular weight is 303 g/mol. The first kappa shape index (κ1) is 16.9. The Bertz CT molecular complexity index is 433. The number of likely N-dealkylation sites (N-methyl/N-ethyl adjacent to an activating group) is 1. The molecule has 0 saturated carbocycles. The smallest absolute Gasteiger partial charge is 0.325 e. The van der Waals surface area contributed by atoms with Gasteiger partial charge in [0.15, 0.2) is 0 Å². The first-order chi connectivity index (χ1) is 9.51. The van der Waals surface area contributed by atoms with Crippen molar-refractivity contribution in [1.82, 2.24) is 10.2 Å². The quantitative estimate of drug-likeness (QED) is 0.775. The number of carboxylic acid groups (broad SMARTS) is 1. The SMILES string of the molecule is CCN(CC)CCNC(C(=O)O)c1c(F)cccc1Cl. The second-order valence-corrected chi connectivity index (χ2v) is 4.79. The minimum Gasteiger partial charge on any atom is -0.480 e. The Morgan fingerprint density at radius 3 is 2.60 bits per heavy atom. The molecule has 1 rings (SSSR count). The highest BCUT2D eigenvalue weighted by Gasteiger charge is 2.25.